The molecule has 1 aliphatic rings. The molecule has 0 bridgehead atoms. The second kappa shape index (κ2) is 3.06. The Morgan fingerprint density at radius 3 is 3.07 bits per heavy atom. The molecule has 2 atom stereocenters. The first-order valence-electron chi connectivity index (χ1n) is 4.90. The van der Waals surface area contributed by atoms with Gasteiger partial charge in [-0.25, -0.2) is 4.79 Å². The summed E-state index contributed by atoms with van der Waals surface area (Å²) in [4.78, 5) is 11.7. The third-order valence-electron chi connectivity index (χ3n) is 3.31. The smallest absolute Gasteiger partial charge is 0.330 e. The highest BCUT2D eigenvalue weighted by molar-refractivity contribution is 5.84. The number of carbonyl (C=O) groups is 1. The molecule has 0 aromatic carbocycles. The molecule has 5 nitrogen and oxygen atoms in total. The number of nitrogens with zero attached hydrogens (tertiary/aromatic N) is 2. The summed E-state index contributed by atoms with van der Waals surface area (Å²) in [6.45, 7) is 1.96. The van der Waals surface area contributed by atoms with Crippen molar-refractivity contribution in [2.75, 3.05) is 7.11 Å². The zero-order valence-corrected chi connectivity index (χ0v) is 9.15. The molecule has 0 amide bonds. The van der Waals surface area contributed by atoms with Crippen LogP contribution >= 0.6 is 0 Å². The van der Waals surface area contributed by atoms with Gasteiger partial charge in [0, 0.05) is 18.3 Å². The number of ether oxygens (including phenoxy) is 1. The van der Waals surface area contributed by atoms with Crippen molar-refractivity contribution >= 4 is 5.97 Å². The summed E-state index contributed by atoms with van der Waals surface area (Å²) >= 11 is 0. The molecule has 1 aliphatic carbocycles. The van der Waals surface area contributed by atoms with Crippen LogP contribution in [0, 0.1) is 5.92 Å². The number of esters is 1. The number of methoxy groups -OCH3 is 1. The van der Waals surface area contributed by atoms with Crippen molar-refractivity contribution in [2.24, 2.45) is 18.7 Å². The van der Waals surface area contributed by atoms with E-state index in [4.69, 9.17) is 10.5 Å². The number of rotatable bonds is 1. The predicted molar refractivity (Wildman–Crippen MR) is 54.0 cm³/mol. The largest absolute Gasteiger partial charge is 0.467 e. The molecule has 0 saturated carbocycles. The predicted octanol–water partition coefficient (Wildman–Crippen LogP) is -0.0607. The maximum Gasteiger partial charge on any atom is 0.330 e. The minimum atomic E-state index is -1.03. The lowest BCUT2D eigenvalue weighted by Gasteiger charge is -2.25. The Morgan fingerprint density at radius 1 is 1.80 bits per heavy atom. The topological polar surface area (TPSA) is 70.1 Å². The van der Waals surface area contributed by atoms with E-state index >= 15 is 0 Å². The summed E-state index contributed by atoms with van der Waals surface area (Å²) in [7, 11) is 3.21. The first-order chi connectivity index (χ1) is 7.01. The molecule has 1 aromatic rings. The van der Waals surface area contributed by atoms with Gasteiger partial charge in [-0.05, 0) is 12.3 Å². The molecule has 0 spiro atoms. The van der Waals surface area contributed by atoms with E-state index in [-0.39, 0.29) is 11.9 Å². The Bertz CT molecular complexity index is 413. The van der Waals surface area contributed by atoms with Crippen molar-refractivity contribution < 1.29 is 9.53 Å². The zero-order valence-electron chi connectivity index (χ0n) is 9.15. The molecule has 0 fully saturated rings. The molecule has 2 rings (SSSR count). The Labute approximate surface area is 88.2 Å². The maximum absolute atomic E-state index is 11.7. The molecule has 5 heteroatoms. The van der Waals surface area contributed by atoms with Gasteiger partial charge in [-0.2, -0.15) is 5.10 Å². The van der Waals surface area contributed by atoms with Gasteiger partial charge in [0.25, 0.3) is 0 Å². The Kier molecular flexibility index (Phi) is 2.08. The van der Waals surface area contributed by atoms with Gasteiger partial charge in [0.15, 0.2) is 0 Å². The molecule has 2 unspecified atom stereocenters. The van der Waals surface area contributed by atoms with Crippen LogP contribution in [0.15, 0.2) is 6.20 Å². The fraction of sp³-hybridized carbons (Fsp3) is 0.600. The highest BCUT2D eigenvalue weighted by Gasteiger charge is 2.50. The van der Waals surface area contributed by atoms with Gasteiger partial charge in [-0.15, -0.1) is 0 Å². The lowest BCUT2D eigenvalue weighted by Crippen LogP contribution is -2.48. The molecule has 1 aromatic heterocycles. The quantitative estimate of drug-likeness (QED) is 0.658. The summed E-state index contributed by atoms with van der Waals surface area (Å²) in [5, 5.41) is 4.11. The lowest BCUT2D eigenvalue weighted by atomic mass is 9.86. The average molecular weight is 209 g/mol. The van der Waals surface area contributed by atoms with Gasteiger partial charge in [0.1, 0.15) is 5.54 Å². The van der Waals surface area contributed by atoms with Crippen molar-refractivity contribution in [3.05, 3.63) is 17.5 Å². The van der Waals surface area contributed by atoms with Gasteiger partial charge in [0.05, 0.1) is 13.3 Å². The Hall–Kier alpha value is -1.36. The van der Waals surface area contributed by atoms with Crippen LogP contribution in [0.2, 0.25) is 0 Å². The van der Waals surface area contributed by atoms with E-state index < -0.39 is 5.54 Å². The van der Waals surface area contributed by atoms with Crippen LogP contribution in [0.3, 0.4) is 0 Å². The van der Waals surface area contributed by atoms with Gasteiger partial charge in [0.2, 0.25) is 0 Å². The fourth-order valence-corrected chi connectivity index (χ4v) is 2.25. The third-order valence-corrected chi connectivity index (χ3v) is 3.31. The van der Waals surface area contributed by atoms with E-state index in [9.17, 15) is 4.79 Å². The fourth-order valence-electron chi connectivity index (χ4n) is 2.25. The second-order valence-electron chi connectivity index (χ2n) is 4.09. The van der Waals surface area contributed by atoms with E-state index in [0.717, 1.165) is 17.7 Å². The van der Waals surface area contributed by atoms with E-state index in [1.54, 1.807) is 10.9 Å². The number of nitrogens with two attached hydrogens (primary N) is 1. The van der Waals surface area contributed by atoms with E-state index in [0.29, 0.717) is 0 Å². The van der Waals surface area contributed by atoms with Crippen LogP contribution < -0.4 is 5.73 Å². The van der Waals surface area contributed by atoms with Crippen molar-refractivity contribution in [2.45, 2.75) is 18.9 Å². The second-order valence-corrected chi connectivity index (χ2v) is 4.09. The molecule has 0 saturated heterocycles. The summed E-state index contributed by atoms with van der Waals surface area (Å²) < 4.78 is 6.54. The number of aryl methyl sites for hydroxylation is 1. The molecule has 1 heterocycles. The van der Waals surface area contributed by atoms with E-state index in [2.05, 4.69) is 5.10 Å². The Morgan fingerprint density at radius 2 is 2.47 bits per heavy atom. The Balaban J connectivity index is 2.54. The van der Waals surface area contributed by atoms with Crippen molar-refractivity contribution in [1.82, 2.24) is 9.78 Å². The SMILES string of the molecule is COC(=O)C1(N)c2cnn(C)c2CC1C. The van der Waals surface area contributed by atoms with E-state index in [1.807, 2.05) is 14.0 Å². The standard InChI is InChI=1S/C10H15N3O2/c1-6-4-8-7(5-12-13(8)2)10(6,11)9(14)15-3/h5-6H,4,11H2,1-3H3. The first-order valence-corrected chi connectivity index (χ1v) is 4.90. The molecule has 15 heavy (non-hydrogen) atoms. The van der Waals surface area contributed by atoms with Gasteiger partial charge in [-0.3, -0.25) is 4.68 Å². The van der Waals surface area contributed by atoms with Crippen molar-refractivity contribution in [3.63, 3.8) is 0 Å². The lowest BCUT2D eigenvalue weighted by molar-refractivity contribution is -0.149. The average Bonchev–Trinajstić information content (AvgIpc) is 2.69. The third kappa shape index (κ3) is 1.13. The minimum Gasteiger partial charge on any atom is -0.467 e. The number of fused-ring (bicyclic) bond motifs is 1. The highest BCUT2D eigenvalue weighted by atomic mass is 16.5. The zero-order chi connectivity index (χ0) is 11.2. The van der Waals surface area contributed by atoms with Crippen LogP contribution in [-0.2, 0) is 28.5 Å². The van der Waals surface area contributed by atoms with Crippen molar-refractivity contribution in [3.8, 4) is 0 Å². The molecule has 0 radical (unpaired) electrons. The summed E-state index contributed by atoms with van der Waals surface area (Å²) in [5.41, 5.74) is 6.94. The number of aromatic nitrogens is 2. The maximum atomic E-state index is 11.7. The molecule has 2 N–H and O–H groups in total. The van der Waals surface area contributed by atoms with Gasteiger partial charge < -0.3 is 10.5 Å². The number of carbonyl (C=O) groups excluding carboxylic acids is 1. The molecule has 82 valence electrons. The first kappa shape index (κ1) is 10.2. The highest BCUT2D eigenvalue weighted by Crippen LogP contribution is 2.39. The minimum absolute atomic E-state index is 0.0455. The normalized spacial score (nSPS) is 28.9. The molecular formula is C10H15N3O2. The number of hydrogen-bond donors (Lipinski definition) is 1. The summed E-state index contributed by atoms with van der Waals surface area (Å²) in [5.74, 6) is -0.342. The van der Waals surface area contributed by atoms with Crippen molar-refractivity contribution in [1.29, 1.82) is 0 Å². The monoisotopic (exact) mass is 209 g/mol. The van der Waals surface area contributed by atoms with Gasteiger partial charge in [-0.1, -0.05) is 6.92 Å². The van der Waals surface area contributed by atoms with Crippen LogP contribution in [0.1, 0.15) is 18.2 Å². The number of hydrogen-bond acceptors (Lipinski definition) is 4. The molecule has 0 aliphatic heterocycles. The van der Waals surface area contributed by atoms with Crippen LogP contribution in [-0.4, -0.2) is 22.9 Å². The summed E-state index contributed by atoms with van der Waals surface area (Å²) in [6.07, 6.45) is 2.42. The molecular weight excluding hydrogens is 194 g/mol. The van der Waals surface area contributed by atoms with Crippen LogP contribution in [0.25, 0.3) is 0 Å². The van der Waals surface area contributed by atoms with Gasteiger partial charge >= 0.3 is 5.97 Å². The summed E-state index contributed by atoms with van der Waals surface area (Å²) in [6, 6.07) is 0. The van der Waals surface area contributed by atoms with Crippen LogP contribution in [0.4, 0.5) is 0 Å². The van der Waals surface area contributed by atoms with Crippen LogP contribution in [0.5, 0.6) is 0 Å². The van der Waals surface area contributed by atoms with E-state index in [1.165, 1.54) is 7.11 Å².